The number of carboxylic acid groups (broad SMARTS) is 3. The van der Waals surface area contributed by atoms with E-state index in [1.807, 2.05) is 6.92 Å². The van der Waals surface area contributed by atoms with Gasteiger partial charge in [0.05, 0.1) is 31.7 Å². The number of unbranched alkanes of at least 4 members (excludes halogenated alkanes) is 1. The molecule has 144 heavy (non-hydrogen) atoms. The Morgan fingerprint density at radius 2 is 0.660 bits per heavy atom. The molecule has 800 valence electrons. The summed E-state index contributed by atoms with van der Waals surface area (Å²) in [7, 11) is 0. The summed E-state index contributed by atoms with van der Waals surface area (Å²) in [5.74, 6) is -28.9. The van der Waals surface area contributed by atoms with Crippen molar-refractivity contribution >= 4 is 160 Å². The summed E-state index contributed by atoms with van der Waals surface area (Å²) in [5.41, 5.74) is 34.9. The first-order valence-corrected chi connectivity index (χ1v) is 50.2. The minimum atomic E-state index is -2.04. The second-order valence-electron chi connectivity index (χ2n) is 36.3. The van der Waals surface area contributed by atoms with E-state index in [0.29, 0.717) is 24.3 Å². The smallest absolute Gasteiger partial charge is 0.326 e. The summed E-state index contributed by atoms with van der Waals surface area (Å²) in [5, 5.41) is 84.3. The third-order valence-electron chi connectivity index (χ3n) is 24.3. The fourth-order valence-corrected chi connectivity index (χ4v) is 16.6. The molecule has 19 atom stereocenters. The monoisotopic (exact) mass is 2070 g/mol. The van der Waals surface area contributed by atoms with Crippen LogP contribution >= 0.6 is 23.5 Å². The van der Waals surface area contributed by atoms with Gasteiger partial charge in [-0.25, -0.2) is 4.79 Å². The first kappa shape index (κ1) is 123. The van der Waals surface area contributed by atoms with Crippen LogP contribution in [0.3, 0.4) is 0 Å². The number of carbonyl (C=O) groups excluding carboxylic acids is 20. The standard InChI is InChI=1S/C92H142N22O28S2/c1-11-47(7)72(98)87(136)103-57(33-38-144-10)90(139)113-35-15-19-65(113)86(135)107-60(41-66(94)117)82(131)100-54(28-30-70(121)122)76(125)104-59(40-50-22-26-52(116)27-23-50)81(130)106-62(43-68(96)119)84(133)111-73(45(3)4)88(137)102-53(17-13-14-34-93)78(127)110-74(46(5)6)89(138)108-61(42-67(95)118)83(132)105-58(39-49-20-24-51(115)25-21-49)80(129)99-55(29-31-71(123)124)77(126)109-63(44-69(97)120)91(140)114-36-16-18-64(114)85(134)101-56(32-37-143-9)79(128)112-75(92(141)142)48(8)12-2/h20-27,45-48,53-65,72-75,115-116H,11-19,28-44,93,98H2,1-10H3,(H2,94,117)(H2,95,118)(H2,96,119)(H2,97,120)(H,99,129)(H,100,131)(H,101,134)(H,102,137)(H,103,136)(H,104,125)(H,105,132)(H,106,130)(H,107,135)(H,108,138)(H,109,126)(H,110,127)(H,111,133)(H,112,128)(H,121,122)(H,123,124)(H,141,142)/t47-,48-,53-,54-,55-,56-,57-,58-,59-,60-,61-,62-,63-,64-,65-,72-,73-,74-,75-/m0/s1. The van der Waals surface area contributed by atoms with Crippen LogP contribution in [0.1, 0.15) is 189 Å². The van der Waals surface area contributed by atoms with Crippen LogP contribution in [0, 0.1) is 23.7 Å². The van der Waals surface area contributed by atoms with Crippen molar-refractivity contribution in [3.05, 3.63) is 59.7 Å². The van der Waals surface area contributed by atoms with Gasteiger partial charge in [0.15, 0.2) is 0 Å². The molecular weight excluding hydrogens is 1930 g/mol. The van der Waals surface area contributed by atoms with Gasteiger partial charge in [-0.05, 0) is 160 Å². The fraction of sp³-hybridized carbons (Fsp3) is 0.620. The van der Waals surface area contributed by atoms with E-state index in [4.69, 9.17) is 34.4 Å². The Labute approximate surface area is 841 Å². The third-order valence-corrected chi connectivity index (χ3v) is 25.6. The quantitative estimate of drug-likeness (QED) is 0.0275. The zero-order valence-electron chi connectivity index (χ0n) is 82.4. The molecule has 2 aliphatic rings. The zero-order chi connectivity index (χ0) is 108. The molecule has 31 N–H and O–H groups in total. The molecule has 0 bridgehead atoms. The Kier molecular flexibility index (Phi) is 52.4. The van der Waals surface area contributed by atoms with Crippen LogP contribution in [0.15, 0.2) is 48.5 Å². The van der Waals surface area contributed by atoms with Crippen LogP contribution in [0.25, 0.3) is 0 Å². The van der Waals surface area contributed by atoms with Gasteiger partial charge in [0, 0.05) is 38.8 Å². The van der Waals surface area contributed by atoms with Gasteiger partial charge in [-0.1, -0.05) is 92.5 Å². The first-order valence-electron chi connectivity index (χ1n) is 47.5. The van der Waals surface area contributed by atoms with Gasteiger partial charge in [-0.2, -0.15) is 23.5 Å². The van der Waals surface area contributed by atoms with Crippen LogP contribution in [-0.4, -0.2) is 318 Å². The molecule has 4 rings (SSSR count). The molecule has 2 heterocycles. The van der Waals surface area contributed by atoms with Crippen molar-refractivity contribution in [3.63, 3.8) is 0 Å². The van der Waals surface area contributed by atoms with Crippen molar-refractivity contribution in [3.8, 4) is 11.5 Å². The van der Waals surface area contributed by atoms with Crippen molar-refractivity contribution in [1.29, 1.82) is 0 Å². The number of carboxylic acids is 3. The highest BCUT2D eigenvalue weighted by Gasteiger charge is 2.46. The second kappa shape index (κ2) is 61.5. The van der Waals surface area contributed by atoms with E-state index >= 15 is 0 Å². The molecule has 2 fully saturated rings. The number of phenols is 2. The first-order chi connectivity index (χ1) is 67.8. The topological polar surface area (TPSA) is 825 Å². The van der Waals surface area contributed by atoms with E-state index in [2.05, 4.69) is 74.4 Å². The number of nitrogens with two attached hydrogens (primary N) is 6. The molecular formula is C92H142N22O28S2. The lowest BCUT2D eigenvalue weighted by molar-refractivity contribution is -0.145. The highest BCUT2D eigenvalue weighted by molar-refractivity contribution is 7.98. The Bertz CT molecular complexity index is 4830. The van der Waals surface area contributed by atoms with Gasteiger partial charge >= 0.3 is 17.9 Å². The van der Waals surface area contributed by atoms with E-state index in [0.717, 1.165) is 4.90 Å². The van der Waals surface area contributed by atoms with E-state index in [9.17, 15) is 136 Å². The highest BCUT2D eigenvalue weighted by atomic mass is 32.2. The van der Waals surface area contributed by atoms with Gasteiger partial charge in [0.2, 0.25) is 118 Å². The fourth-order valence-electron chi connectivity index (χ4n) is 15.6. The lowest BCUT2D eigenvalue weighted by atomic mass is 9.98. The molecule has 0 spiro atoms. The molecule has 0 saturated carbocycles. The summed E-state index contributed by atoms with van der Waals surface area (Å²) in [6.07, 6.45) is -2.99. The highest BCUT2D eigenvalue weighted by Crippen LogP contribution is 2.25. The summed E-state index contributed by atoms with van der Waals surface area (Å²) >= 11 is 2.70. The number of thioether (sulfide) groups is 2. The summed E-state index contributed by atoms with van der Waals surface area (Å²) in [4.78, 5) is 321. The summed E-state index contributed by atoms with van der Waals surface area (Å²) in [6.45, 7) is 12.6. The third kappa shape index (κ3) is 41.1. The van der Waals surface area contributed by atoms with Crippen molar-refractivity contribution in [2.75, 3.05) is 43.7 Å². The minimum Gasteiger partial charge on any atom is -0.508 e. The number of hydrogen-bond acceptors (Lipinski definition) is 29. The normalized spacial score (nSPS) is 16.9. The number of benzene rings is 2. The lowest BCUT2D eigenvalue weighted by Crippen LogP contribution is -2.62. The SMILES string of the molecule is CC[C@H](C)[C@H](N)C(=O)N[C@@H](CCSC)C(=O)N1CCC[C@H]1C(=O)N[C@@H](CC(N)=O)C(=O)N[C@@H](CCC(=O)O)C(=O)N[C@@H](Cc1ccc(O)cc1)C(=O)N[C@@H](CC(N)=O)C(=O)N[C@H](C(=O)N[C@@H](CCCCN)C(=O)N[C@H](C(=O)N[C@@H](CC(N)=O)C(=O)N[C@@H](Cc1ccc(O)cc1)C(=O)N[C@@H](CCC(=O)O)C(=O)N[C@@H](CC(N)=O)C(=O)N1CCC[C@H]1C(=O)N[C@@H](CCSC)C(=O)N[C@H](C(=O)O)[C@@H](C)CC)C(C)C)C(C)C. The van der Waals surface area contributed by atoms with Crippen molar-refractivity contribution < 1.29 is 136 Å². The number of carbonyl (C=O) groups is 23. The van der Waals surface area contributed by atoms with E-state index in [1.165, 1.54) is 105 Å². The molecule has 2 saturated heterocycles. The van der Waals surface area contributed by atoms with Crippen LogP contribution in [-0.2, 0) is 123 Å². The van der Waals surface area contributed by atoms with Gasteiger partial charge < -0.3 is 144 Å². The Morgan fingerprint density at radius 1 is 0.361 bits per heavy atom. The van der Waals surface area contributed by atoms with Crippen molar-refractivity contribution in [2.45, 2.75) is 293 Å². The summed E-state index contributed by atoms with van der Waals surface area (Å²) in [6, 6.07) is -17.9. The van der Waals surface area contributed by atoms with E-state index in [1.54, 1.807) is 33.3 Å². The number of hydrogen-bond donors (Lipinski definition) is 25. The molecule has 0 aliphatic carbocycles. The number of aromatic hydroxyl groups is 2. The molecule has 0 aromatic heterocycles. The predicted molar refractivity (Wildman–Crippen MR) is 522 cm³/mol. The largest absolute Gasteiger partial charge is 0.508 e. The maximum Gasteiger partial charge on any atom is 0.326 e. The molecule has 20 amide bonds. The Balaban J connectivity index is 1.64. The number of nitrogens with zero attached hydrogens (tertiary/aromatic N) is 2. The minimum absolute atomic E-state index is 0.00617. The molecule has 0 radical (unpaired) electrons. The van der Waals surface area contributed by atoms with E-state index < -0.39 is 321 Å². The number of aliphatic carboxylic acids is 3. The van der Waals surface area contributed by atoms with Crippen LogP contribution in [0.2, 0.25) is 0 Å². The number of nitrogens with one attached hydrogen (secondary N) is 14. The molecule has 50 nitrogen and oxygen atoms in total. The second-order valence-corrected chi connectivity index (χ2v) is 38.2. The molecule has 2 aliphatic heterocycles. The maximum absolute atomic E-state index is 14.8. The number of primary amides is 4. The summed E-state index contributed by atoms with van der Waals surface area (Å²) < 4.78 is 0. The molecule has 0 unspecified atom stereocenters. The maximum atomic E-state index is 14.8. The van der Waals surface area contributed by atoms with Gasteiger partial charge in [0.25, 0.3) is 0 Å². The number of phenolic OH excluding ortho intramolecular Hbond substituents is 2. The predicted octanol–water partition coefficient (Wildman–Crippen LogP) is -5.67. The average Bonchev–Trinajstić information content (AvgIpc) is 1.70. The molecule has 2 aromatic carbocycles. The van der Waals surface area contributed by atoms with Crippen molar-refractivity contribution in [2.24, 2.45) is 58.1 Å². The number of rotatable bonds is 65. The van der Waals surface area contributed by atoms with Gasteiger partial charge in [0.1, 0.15) is 108 Å². The van der Waals surface area contributed by atoms with E-state index in [-0.39, 0.29) is 106 Å². The Hall–Kier alpha value is -13.5. The van der Waals surface area contributed by atoms with Gasteiger partial charge in [-0.15, -0.1) is 0 Å². The van der Waals surface area contributed by atoms with Crippen molar-refractivity contribution in [1.82, 2.24) is 84.2 Å². The molecule has 52 heteroatoms. The average molecular weight is 2070 g/mol. The van der Waals surface area contributed by atoms with Crippen LogP contribution in [0.4, 0.5) is 0 Å². The Morgan fingerprint density at radius 3 is 1.03 bits per heavy atom. The van der Waals surface area contributed by atoms with Crippen LogP contribution < -0.4 is 109 Å². The number of amides is 20. The lowest BCUT2D eigenvalue weighted by Gasteiger charge is -2.31. The van der Waals surface area contributed by atoms with Crippen LogP contribution in [0.5, 0.6) is 11.5 Å². The molecule has 2 aromatic rings. The zero-order valence-corrected chi connectivity index (χ0v) is 84.1. The number of likely N-dealkylation sites (tertiary alicyclic amines) is 2. The van der Waals surface area contributed by atoms with Gasteiger partial charge in [-0.3, -0.25) is 105 Å².